The highest BCUT2D eigenvalue weighted by Crippen LogP contribution is 2.26. The number of nitrogens with one attached hydrogen (secondary N) is 2. The molecule has 1 aliphatic carbocycles. The maximum absolute atomic E-state index is 6.07. The van der Waals surface area contributed by atoms with Crippen molar-refractivity contribution < 1.29 is 0 Å². The van der Waals surface area contributed by atoms with Crippen LogP contribution in [0.25, 0.3) is 10.9 Å². The highest BCUT2D eigenvalue weighted by molar-refractivity contribution is 6.30. The van der Waals surface area contributed by atoms with Crippen molar-refractivity contribution >= 4 is 34.3 Å². The van der Waals surface area contributed by atoms with E-state index in [1.54, 1.807) is 0 Å². The Hall–Kier alpha value is -2.37. The summed E-state index contributed by atoms with van der Waals surface area (Å²) in [6.07, 6.45) is 5.60. The molecule has 1 heterocycles. The van der Waals surface area contributed by atoms with E-state index < -0.39 is 0 Å². The van der Waals surface area contributed by atoms with Gasteiger partial charge in [-0.05, 0) is 68.5 Å². The highest BCUT2D eigenvalue weighted by atomic mass is 35.5. The van der Waals surface area contributed by atoms with Crippen molar-refractivity contribution in [3.8, 4) is 0 Å². The van der Waals surface area contributed by atoms with Gasteiger partial charge in [-0.3, -0.25) is 0 Å². The first-order valence-corrected chi connectivity index (χ1v) is 11.1. The zero-order chi connectivity index (χ0) is 20.9. The standard InChI is InChI=1S/C24H30ClN5/c1-30(2)23-21-8-3-4-9-22(21)28-24(29-23)27-20-12-10-19(11-13-20)26-15-14-17-6-5-7-18(25)16-17/h3-9,16,19-20,26H,10-15H2,1-2H3,(H,27,28,29)/t19-,20+. The molecule has 0 radical (unpaired) electrons. The van der Waals surface area contributed by atoms with Crippen LogP contribution in [0, 0.1) is 0 Å². The molecule has 6 heteroatoms. The molecule has 0 bridgehead atoms. The highest BCUT2D eigenvalue weighted by Gasteiger charge is 2.22. The van der Waals surface area contributed by atoms with Crippen LogP contribution < -0.4 is 15.5 Å². The summed E-state index contributed by atoms with van der Waals surface area (Å²) in [4.78, 5) is 11.6. The molecule has 158 valence electrons. The van der Waals surface area contributed by atoms with Gasteiger partial charge in [-0.2, -0.15) is 4.98 Å². The molecule has 0 spiro atoms. The maximum Gasteiger partial charge on any atom is 0.225 e. The zero-order valence-electron chi connectivity index (χ0n) is 17.7. The number of halogens is 1. The van der Waals surface area contributed by atoms with Gasteiger partial charge in [-0.1, -0.05) is 35.9 Å². The molecular weight excluding hydrogens is 394 g/mol. The second-order valence-electron chi connectivity index (χ2n) is 8.31. The maximum atomic E-state index is 6.07. The molecule has 3 aromatic rings. The minimum absolute atomic E-state index is 0.423. The summed E-state index contributed by atoms with van der Waals surface area (Å²) in [5.74, 6) is 1.69. The van der Waals surface area contributed by atoms with E-state index >= 15 is 0 Å². The van der Waals surface area contributed by atoms with Crippen LogP contribution in [0.1, 0.15) is 31.2 Å². The van der Waals surface area contributed by atoms with Crippen molar-refractivity contribution in [3.63, 3.8) is 0 Å². The van der Waals surface area contributed by atoms with Gasteiger partial charge in [-0.15, -0.1) is 0 Å². The van der Waals surface area contributed by atoms with Crippen molar-refractivity contribution in [2.75, 3.05) is 30.9 Å². The van der Waals surface area contributed by atoms with Crippen LogP contribution in [0.5, 0.6) is 0 Å². The molecule has 4 rings (SSSR count). The second-order valence-corrected chi connectivity index (χ2v) is 8.75. The van der Waals surface area contributed by atoms with E-state index in [1.807, 2.05) is 38.4 Å². The topological polar surface area (TPSA) is 53.1 Å². The van der Waals surface area contributed by atoms with E-state index in [0.717, 1.165) is 53.5 Å². The van der Waals surface area contributed by atoms with Crippen molar-refractivity contribution in [2.24, 2.45) is 0 Å². The second kappa shape index (κ2) is 9.63. The molecule has 1 aliphatic rings. The zero-order valence-corrected chi connectivity index (χ0v) is 18.5. The molecule has 0 amide bonds. The molecule has 2 N–H and O–H groups in total. The van der Waals surface area contributed by atoms with Gasteiger partial charge in [0.1, 0.15) is 5.82 Å². The summed E-state index contributed by atoms with van der Waals surface area (Å²) in [5, 5.41) is 9.20. The monoisotopic (exact) mass is 423 g/mol. The van der Waals surface area contributed by atoms with Crippen LogP contribution in [0.2, 0.25) is 5.02 Å². The van der Waals surface area contributed by atoms with E-state index in [0.29, 0.717) is 12.1 Å². The molecule has 1 aromatic heterocycles. The van der Waals surface area contributed by atoms with Gasteiger partial charge in [0.2, 0.25) is 5.95 Å². The number of nitrogens with zero attached hydrogens (tertiary/aromatic N) is 3. The summed E-state index contributed by atoms with van der Waals surface area (Å²) in [7, 11) is 4.05. The summed E-state index contributed by atoms with van der Waals surface area (Å²) in [6.45, 7) is 0.989. The lowest BCUT2D eigenvalue weighted by atomic mass is 9.91. The Balaban J connectivity index is 1.29. The fourth-order valence-corrected chi connectivity index (χ4v) is 4.42. The first kappa shape index (κ1) is 20.9. The summed E-state index contributed by atoms with van der Waals surface area (Å²) in [6, 6.07) is 17.3. The number of para-hydroxylation sites is 1. The number of aromatic nitrogens is 2. The molecule has 0 saturated heterocycles. The minimum atomic E-state index is 0.423. The van der Waals surface area contributed by atoms with Gasteiger partial charge in [0.15, 0.2) is 0 Å². The molecule has 1 saturated carbocycles. The fourth-order valence-electron chi connectivity index (χ4n) is 4.20. The predicted octanol–water partition coefficient (Wildman–Crippen LogP) is 4.90. The number of hydrogen-bond acceptors (Lipinski definition) is 5. The van der Waals surface area contributed by atoms with E-state index in [9.17, 15) is 0 Å². The van der Waals surface area contributed by atoms with Crippen LogP contribution >= 0.6 is 11.6 Å². The van der Waals surface area contributed by atoms with Crippen LogP contribution in [0.3, 0.4) is 0 Å². The summed E-state index contributed by atoms with van der Waals surface area (Å²) < 4.78 is 0. The summed E-state index contributed by atoms with van der Waals surface area (Å²) >= 11 is 6.07. The molecule has 2 aromatic carbocycles. The van der Waals surface area contributed by atoms with Crippen LogP contribution in [-0.2, 0) is 6.42 Å². The lowest BCUT2D eigenvalue weighted by molar-refractivity contribution is 0.355. The quantitative estimate of drug-likeness (QED) is 0.565. The van der Waals surface area contributed by atoms with Crippen molar-refractivity contribution in [2.45, 2.75) is 44.2 Å². The SMILES string of the molecule is CN(C)c1nc(N[C@H]2CC[C@@H](NCCc3cccc(Cl)c3)CC2)nc2ccccc12. The third kappa shape index (κ3) is 5.21. The molecule has 0 atom stereocenters. The molecular formula is C24H30ClN5. The Morgan fingerprint density at radius 1 is 0.967 bits per heavy atom. The van der Waals surface area contributed by atoms with Crippen LogP contribution in [-0.4, -0.2) is 42.7 Å². The van der Waals surface area contributed by atoms with E-state index in [2.05, 4.69) is 39.8 Å². The fraction of sp³-hybridized carbons (Fsp3) is 0.417. The number of rotatable bonds is 7. The summed E-state index contributed by atoms with van der Waals surface area (Å²) in [5.41, 5.74) is 2.27. The molecule has 5 nitrogen and oxygen atoms in total. The molecule has 0 unspecified atom stereocenters. The van der Waals surface area contributed by atoms with Crippen LogP contribution in [0.4, 0.5) is 11.8 Å². The Morgan fingerprint density at radius 3 is 2.50 bits per heavy atom. The Bertz CT molecular complexity index is 982. The average Bonchev–Trinajstić information content (AvgIpc) is 2.74. The minimum Gasteiger partial charge on any atom is -0.362 e. The predicted molar refractivity (Wildman–Crippen MR) is 127 cm³/mol. The number of fused-ring (bicyclic) bond motifs is 1. The largest absolute Gasteiger partial charge is 0.362 e. The first-order valence-electron chi connectivity index (χ1n) is 10.8. The van der Waals surface area contributed by atoms with E-state index in [-0.39, 0.29) is 0 Å². The van der Waals surface area contributed by atoms with Gasteiger partial charge < -0.3 is 15.5 Å². The van der Waals surface area contributed by atoms with E-state index in [1.165, 1.54) is 18.4 Å². The third-order valence-electron chi connectivity index (χ3n) is 5.80. The van der Waals surface area contributed by atoms with Crippen LogP contribution in [0.15, 0.2) is 48.5 Å². The number of benzene rings is 2. The first-order chi connectivity index (χ1) is 14.6. The van der Waals surface area contributed by atoms with Crippen molar-refractivity contribution in [3.05, 3.63) is 59.1 Å². The Labute approximate surface area is 183 Å². The smallest absolute Gasteiger partial charge is 0.225 e. The Morgan fingerprint density at radius 2 is 1.73 bits per heavy atom. The third-order valence-corrected chi connectivity index (χ3v) is 6.04. The lowest BCUT2D eigenvalue weighted by Crippen LogP contribution is -2.38. The van der Waals surface area contributed by atoms with Gasteiger partial charge >= 0.3 is 0 Å². The van der Waals surface area contributed by atoms with Gasteiger partial charge in [-0.25, -0.2) is 4.98 Å². The number of hydrogen-bond donors (Lipinski definition) is 2. The van der Waals surface area contributed by atoms with Gasteiger partial charge in [0.25, 0.3) is 0 Å². The number of anilines is 2. The lowest BCUT2D eigenvalue weighted by Gasteiger charge is -2.30. The van der Waals surface area contributed by atoms with E-state index in [4.69, 9.17) is 21.6 Å². The normalized spacial score (nSPS) is 19.0. The molecule has 30 heavy (non-hydrogen) atoms. The van der Waals surface area contributed by atoms with Gasteiger partial charge in [0.05, 0.1) is 5.52 Å². The Kier molecular flexibility index (Phi) is 6.70. The van der Waals surface area contributed by atoms with Crippen molar-refractivity contribution in [1.82, 2.24) is 15.3 Å². The molecule has 1 fully saturated rings. The van der Waals surface area contributed by atoms with Gasteiger partial charge in [0, 0.05) is 36.6 Å². The van der Waals surface area contributed by atoms with Crippen molar-refractivity contribution in [1.29, 1.82) is 0 Å². The molecule has 0 aliphatic heterocycles. The average molecular weight is 424 g/mol.